The third-order valence-corrected chi connectivity index (χ3v) is 7.00. The lowest BCUT2D eigenvalue weighted by molar-refractivity contribution is 0.103. The van der Waals surface area contributed by atoms with E-state index in [1.807, 2.05) is 0 Å². The predicted octanol–water partition coefficient (Wildman–Crippen LogP) is 3.26. The van der Waals surface area contributed by atoms with Gasteiger partial charge in [-0.05, 0) is 61.8 Å². The molecule has 0 amide bonds. The van der Waals surface area contributed by atoms with E-state index in [4.69, 9.17) is 11.6 Å². The van der Waals surface area contributed by atoms with Gasteiger partial charge in [0.2, 0.25) is 11.7 Å². The maximum Gasteiger partial charge on any atom is 0.220 e. The van der Waals surface area contributed by atoms with E-state index in [9.17, 15) is 18.3 Å². The van der Waals surface area contributed by atoms with Gasteiger partial charge in [-0.3, -0.25) is 4.79 Å². The molecule has 6 nitrogen and oxygen atoms in total. The van der Waals surface area contributed by atoms with Gasteiger partial charge in [0.1, 0.15) is 16.3 Å². The van der Waals surface area contributed by atoms with Crippen molar-refractivity contribution in [1.29, 1.82) is 0 Å². The number of benzene rings is 1. The molecule has 1 heterocycles. The van der Waals surface area contributed by atoms with Gasteiger partial charge >= 0.3 is 0 Å². The number of hydrogen-bond acceptors (Lipinski definition) is 5. The molecule has 0 radical (unpaired) electrons. The van der Waals surface area contributed by atoms with Crippen LogP contribution in [0.5, 0.6) is 5.88 Å². The average Bonchev–Trinajstić information content (AvgIpc) is 3.51. The molecule has 27 heavy (non-hydrogen) atoms. The van der Waals surface area contributed by atoms with Crippen LogP contribution in [0.25, 0.3) is 0 Å². The number of carbonyl (C=O) groups is 1. The van der Waals surface area contributed by atoms with Crippen LogP contribution >= 0.6 is 11.6 Å². The standard InChI is InChI=1S/C19H21ClN2O4S/c1-9-12(7-8-13(20)14(9)18(27(25)26)11-5-6-11)17(23)15-16(10-3-4-10)21-22(2)19(15)24/h7-8,10-11,18,24,27H,3-6H2,1-2H3. The van der Waals surface area contributed by atoms with Crippen molar-refractivity contribution in [2.24, 2.45) is 13.0 Å². The second-order valence-electron chi connectivity index (χ2n) is 7.51. The lowest BCUT2D eigenvalue weighted by Crippen LogP contribution is -2.12. The molecule has 2 aromatic rings. The summed E-state index contributed by atoms with van der Waals surface area (Å²) in [4.78, 5) is 13.3. The van der Waals surface area contributed by atoms with Crippen LogP contribution in [0, 0.1) is 12.8 Å². The van der Waals surface area contributed by atoms with E-state index < -0.39 is 16.0 Å². The van der Waals surface area contributed by atoms with E-state index in [0.29, 0.717) is 27.4 Å². The zero-order valence-corrected chi connectivity index (χ0v) is 16.8. The van der Waals surface area contributed by atoms with Gasteiger partial charge in [-0.2, -0.15) is 5.10 Å². The molecule has 2 aliphatic rings. The normalized spacial score (nSPS) is 18.1. The van der Waals surface area contributed by atoms with Gasteiger partial charge in [0.25, 0.3) is 0 Å². The van der Waals surface area contributed by atoms with Crippen molar-refractivity contribution in [3.63, 3.8) is 0 Å². The Kier molecular flexibility index (Phi) is 4.55. The summed E-state index contributed by atoms with van der Waals surface area (Å²) in [7, 11) is -1.11. The molecule has 0 bridgehead atoms. The third kappa shape index (κ3) is 3.17. The highest BCUT2D eigenvalue weighted by Crippen LogP contribution is 2.47. The smallest absolute Gasteiger partial charge is 0.220 e. The first-order valence-corrected chi connectivity index (χ1v) is 10.7. The number of carbonyl (C=O) groups excluding carboxylic acids is 1. The molecular formula is C19H21ClN2O4S. The van der Waals surface area contributed by atoms with Gasteiger partial charge in [0.05, 0.1) is 10.9 Å². The Hall–Kier alpha value is -1.86. The molecule has 8 heteroatoms. The van der Waals surface area contributed by atoms with Crippen molar-refractivity contribution in [2.45, 2.75) is 43.8 Å². The molecule has 0 saturated heterocycles. The van der Waals surface area contributed by atoms with Crippen LogP contribution in [-0.2, 0) is 17.8 Å². The summed E-state index contributed by atoms with van der Waals surface area (Å²) in [5.41, 5.74) is 2.27. The highest BCUT2D eigenvalue weighted by atomic mass is 35.5. The summed E-state index contributed by atoms with van der Waals surface area (Å²) in [5, 5.41) is 14.4. The first kappa shape index (κ1) is 18.5. The minimum absolute atomic E-state index is 0.0569. The van der Waals surface area contributed by atoms with Crippen molar-refractivity contribution in [2.75, 3.05) is 0 Å². The molecular weight excluding hydrogens is 388 g/mol. The molecule has 0 aliphatic heterocycles. The number of thiol groups is 1. The number of aromatic nitrogens is 2. The number of aromatic hydroxyl groups is 1. The SMILES string of the molecule is Cc1c(C(=O)c2c(C3CC3)nn(C)c2O)ccc(Cl)c1C(C1CC1)[SH](=O)=O. The number of rotatable bonds is 6. The van der Waals surface area contributed by atoms with Gasteiger partial charge in [0.15, 0.2) is 0 Å². The van der Waals surface area contributed by atoms with Crippen molar-refractivity contribution in [3.05, 3.63) is 45.1 Å². The first-order valence-electron chi connectivity index (χ1n) is 9.04. The summed E-state index contributed by atoms with van der Waals surface area (Å²) in [6.07, 6.45) is 3.58. The fraction of sp³-hybridized carbons (Fsp3) is 0.474. The maximum absolute atomic E-state index is 13.3. The molecule has 1 atom stereocenters. The summed E-state index contributed by atoms with van der Waals surface area (Å²) >= 11 is 6.35. The minimum Gasteiger partial charge on any atom is -0.493 e. The monoisotopic (exact) mass is 408 g/mol. The van der Waals surface area contributed by atoms with E-state index in [-0.39, 0.29) is 29.1 Å². The summed E-state index contributed by atoms with van der Waals surface area (Å²) in [6.45, 7) is 1.73. The van der Waals surface area contributed by atoms with E-state index in [0.717, 1.165) is 25.7 Å². The van der Waals surface area contributed by atoms with Crippen LogP contribution in [0.15, 0.2) is 12.1 Å². The summed E-state index contributed by atoms with van der Waals surface area (Å²) in [5.74, 6) is -0.250. The fourth-order valence-electron chi connectivity index (χ4n) is 3.76. The van der Waals surface area contributed by atoms with E-state index in [1.165, 1.54) is 4.68 Å². The van der Waals surface area contributed by atoms with Crippen molar-refractivity contribution < 1.29 is 18.3 Å². The lowest BCUT2D eigenvalue weighted by Gasteiger charge is -2.17. The Balaban J connectivity index is 1.84. The average molecular weight is 409 g/mol. The number of ketones is 1. The van der Waals surface area contributed by atoms with Gasteiger partial charge in [-0.15, -0.1) is 0 Å². The summed E-state index contributed by atoms with van der Waals surface area (Å²) in [6, 6.07) is 3.18. The Labute approximate surface area is 164 Å². The van der Waals surface area contributed by atoms with Gasteiger partial charge < -0.3 is 5.11 Å². The molecule has 2 saturated carbocycles. The number of nitrogens with zero attached hydrogens (tertiary/aromatic N) is 2. The number of hydrogen-bond donors (Lipinski definition) is 2. The van der Waals surface area contributed by atoms with Crippen molar-refractivity contribution in [1.82, 2.24) is 9.78 Å². The van der Waals surface area contributed by atoms with E-state index >= 15 is 0 Å². The van der Waals surface area contributed by atoms with Crippen LogP contribution in [0.4, 0.5) is 0 Å². The van der Waals surface area contributed by atoms with Crippen molar-refractivity contribution in [3.8, 4) is 5.88 Å². The Morgan fingerprint density at radius 3 is 2.52 bits per heavy atom. The van der Waals surface area contributed by atoms with Crippen LogP contribution in [0.2, 0.25) is 5.02 Å². The maximum atomic E-state index is 13.3. The molecule has 1 aromatic carbocycles. The topological polar surface area (TPSA) is 89.3 Å². The number of halogens is 1. The Morgan fingerprint density at radius 1 is 1.30 bits per heavy atom. The van der Waals surface area contributed by atoms with Gasteiger partial charge in [-0.1, -0.05) is 11.6 Å². The summed E-state index contributed by atoms with van der Waals surface area (Å²) < 4.78 is 25.1. The molecule has 2 fully saturated rings. The highest BCUT2D eigenvalue weighted by molar-refractivity contribution is 7.72. The highest BCUT2D eigenvalue weighted by Gasteiger charge is 2.39. The second-order valence-corrected chi connectivity index (χ2v) is 9.05. The second kappa shape index (κ2) is 6.63. The largest absolute Gasteiger partial charge is 0.493 e. The number of aryl methyl sites for hydroxylation is 1. The fourth-order valence-corrected chi connectivity index (χ4v) is 5.34. The van der Waals surface area contributed by atoms with Gasteiger partial charge in [0, 0.05) is 23.6 Å². The van der Waals surface area contributed by atoms with E-state index in [1.54, 1.807) is 26.1 Å². The first-order chi connectivity index (χ1) is 12.8. The Morgan fingerprint density at radius 2 is 1.96 bits per heavy atom. The van der Waals surface area contributed by atoms with E-state index in [2.05, 4.69) is 5.10 Å². The molecule has 144 valence electrons. The molecule has 1 aromatic heterocycles. The minimum atomic E-state index is -2.71. The van der Waals surface area contributed by atoms with Crippen LogP contribution in [-0.4, -0.2) is 29.1 Å². The molecule has 1 N–H and O–H groups in total. The van der Waals surface area contributed by atoms with Crippen LogP contribution < -0.4 is 0 Å². The molecule has 2 aliphatic carbocycles. The third-order valence-electron chi connectivity index (χ3n) is 5.53. The quantitative estimate of drug-likeness (QED) is 0.565. The van der Waals surface area contributed by atoms with Crippen LogP contribution in [0.3, 0.4) is 0 Å². The Bertz CT molecular complexity index is 1010. The van der Waals surface area contributed by atoms with Gasteiger partial charge in [-0.25, -0.2) is 13.1 Å². The van der Waals surface area contributed by atoms with Crippen molar-refractivity contribution >= 4 is 28.1 Å². The molecule has 4 rings (SSSR count). The van der Waals surface area contributed by atoms with Crippen LogP contribution in [0.1, 0.15) is 69.6 Å². The zero-order chi connectivity index (χ0) is 19.5. The molecule has 0 spiro atoms. The zero-order valence-electron chi connectivity index (χ0n) is 15.1. The predicted molar refractivity (Wildman–Crippen MR) is 102 cm³/mol. The molecule has 1 unspecified atom stereocenters. The lowest BCUT2D eigenvalue weighted by atomic mass is 9.92.